The summed E-state index contributed by atoms with van der Waals surface area (Å²) in [5, 5.41) is 0. The third-order valence-corrected chi connectivity index (χ3v) is 4.18. The van der Waals surface area contributed by atoms with Crippen LogP contribution in [-0.2, 0) is 11.2 Å². The van der Waals surface area contributed by atoms with Crippen LogP contribution < -0.4 is 5.73 Å². The van der Waals surface area contributed by atoms with Gasteiger partial charge in [0.25, 0.3) is 0 Å². The number of primary amides is 1. The average molecular weight is 299 g/mol. The summed E-state index contributed by atoms with van der Waals surface area (Å²) in [7, 11) is 0. The van der Waals surface area contributed by atoms with Gasteiger partial charge in [-0.2, -0.15) is 0 Å². The van der Waals surface area contributed by atoms with Crippen molar-refractivity contribution < 1.29 is 13.9 Å². The van der Waals surface area contributed by atoms with E-state index in [1.807, 2.05) is 38.1 Å². The first-order chi connectivity index (χ1) is 10.4. The molecule has 0 saturated heterocycles. The van der Waals surface area contributed by atoms with Crippen molar-refractivity contribution in [3.05, 3.63) is 59.4 Å². The maximum atomic E-state index is 13.4. The number of hydrogen-bond donors (Lipinski definition) is 1. The van der Waals surface area contributed by atoms with Crippen molar-refractivity contribution in [2.45, 2.75) is 26.4 Å². The number of benzene rings is 2. The highest BCUT2D eigenvalue weighted by molar-refractivity contribution is 5.68. The molecule has 22 heavy (non-hydrogen) atoms. The van der Waals surface area contributed by atoms with Gasteiger partial charge >= 0.3 is 6.09 Å². The minimum Gasteiger partial charge on any atom is -0.441 e. The molecule has 3 rings (SSSR count). The van der Waals surface area contributed by atoms with Gasteiger partial charge in [0.1, 0.15) is 11.9 Å². The van der Waals surface area contributed by atoms with E-state index < -0.39 is 6.09 Å². The molecule has 0 aliphatic heterocycles. The number of hydrogen-bond acceptors (Lipinski definition) is 2. The van der Waals surface area contributed by atoms with Crippen molar-refractivity contribution in [3.8, 4) is 11.1 Å². The Hall–Kier alpha value is -2.36. The van der Waals surface area contributed by atoms with Gasteiger partial charge in [-0.15, -0.1) is 0 Å². The molecule has 2 aromatic rings. The Kier molecular flexibility index (Phi) is 3.39. The zero-order chi connectivity index (χ0) is 15.9. The maximum Gasteiger partial charge on any atom is 0.405 e. The second-order valence-corrected chi connectivity index (χ2v) is 6.41. The van der Waals surface area contributed by atoms with Gasteiger partial charge in [-0.25, -0.2) is 9.18 Å². The Labute approximate surface area is 128 Å². The first kappa shape index (κ1) is 14.6. The van der Waals surface area contributed by atoms with Gasteiger partial charge in [0, 0.05) is 5.41 Å². The number of carbonyl (C=O) groups excluding carboxylic acids is 1. The van der Waals surface area contributed by atoms with Crippen LogP contribution in [0.5, 0.6) is 0 Å². The molecule has 2 aromatic carbocycles. The van der Waals surface area contributed by atoms with Crippen molar-refractivity contribution >= 4 is 6.09 Å². The number of halogens is 1. The Morgan fingerprint density at radius 3 is 2.64 bits per heavy atom. The standard InChI is InChI=1S/C18H18FNO2/c1-18(2)10-13-7-6-12(11-4-3-5-14(19)8-11)9-15(13)16(18)22-17(20)21/h3-9,16H,10H2,1-2H3,(H2,20,21). The predicted octanol–water partition coefficient (Wildman–Crippen LogP) is 4.21. The second-order valence-electron chi connectivity index (χ2n) is 6.41. The van der Waals surface area contributed by atoms with E-state index in [0.717, 1.165) is 28.7 Å². The molecule has 2 N–H and O–H groups in total. The smallest absolute Gasteiger partial charge is 0.405 e. The van der Waals surface area contributed by atoms with Crippen LogP contribution in [0.25, 0.3) is 11.1 Å². The summed E-state index contributed by atoms with van der Waals surface area (Å²) in [5.41, 5.74) is 8.78. The molecular formula is C18H18FNO2. The fourth-order valence-corrected chi connectivity index (χ4v) is 3.19. The lowest BCUT2D eigenvalue weighted by Gasteiger charge is -2.26. The fraction of sp³-hybridized carbons (Fsp3) is 0.278. The van der Waals surface area contributed by atoms with Crippen molar-refractivity contribution in [2.75, 3.05) is 0 Å². The molecular weight excluding hydrogens is 281 g/mol. The normalized spacial score (nSPS) is 18.8. The van der Waals surface area contributed by atoms with Gasteiger partial charge in [0.15, 0.2) is 0 Å². The summed E-state index contributed by atoms with van der Waals surface area (Å²) in [6, 6.07) is 12.4. The molecule has 0 heterocycles. The minimum absolute atomic E-state index is 0.210. The van der Waals surface area contributed by atoms with Gasteiger partial charge in [0.05, 0.1) is 0 Å². The summed E-state index contributed by atoms with van der Waals surface area (Å²) in [6.45, 7) is 4.09. The highest BCUT2D eigenvalue weighted by atomic mass is 19.1. The SMILES string of the molecule is CC1(C)Cc2ccc(-c3cccc(F)c3)cc2C1OC(N)=O. The number of carbonyl (C=O) groups is 1. The molecule has 1 aliphatic carbocycles. The molecule has 3 nitrogen and oxygen atoms in total. The van der Waals surface area contributed by atoms with Gasteiger partial charge in [0.2, 0.25) is 0 Å². The van der Waals surface area contributed by atoms with E-state index in [4.69, 9.17) is 10.5 Å². The van der Waals surface area contributed by atoms with Crippen molar-refractivity contribution in [1.82, 2.24) is 0 Å². The van der Waals surface area contributed by atoms with Crippen LogP contribution in [0.1, 0.15) is 31.1 Å². The minimum atomic E-state index is -0.776. The van der Waals surface area contributed by atoms with E-state index in [0.29, 0.717) is 0 Å². The van der Waals surface area contributed by atoms with E-state index >= 15 is 0 Å². The summed E-state index contributed by atoms with van der Waals surface area (Å²) >= 11 is 0. The van der Waals surface area contributed by atoms with Crippen molar-refractivity contribution in [2.24, 2.45) is 11.1 Å². The molecule has 0 radical (unpaired) electrons. The predicted molar refractivity (Wildman–Crippen MR) is 82.7 cm³/mol. The molecule has 0 bridgehead atoms. The lowest BCUT2D eigenvalue weighted by molar-refractivity contribution is 0.0392. The summed E-state index contributed by atoms with van der Waals surface area (Å²) in [4.78, 5) is 11.2. The summed E-state index contributed by atoms with van der Waals surface area (Å²) in [5.74, 6) is -0.275. The van der Waals surface area contributed by atoms with Crippen LogP contribution in [0.3, 0.4) is 0 Å². The lowest BCUT2D eigenvalue weighted by Crippen LogP contribution is -2.25. The summed E-state index contributed by atoms with van der Waals surface area (Å²) < 4.78 is 18.7. The van der Waals surface area contributed by atoms with Crippen LogP contribution in [0.4, 0.5) is 9.18 Å². The van der Waals surface area contributed by atoms with Crippen LogP contribution in [0.2, 0.25) is 0 Å². The van der Waals surface area contributed by atoms with Crippen LogP contribution >= 0.6 is 0 Å². The first-order valence-corrected chi connectivity index (χ1v) is 7.22. The number of ether oxygens (including phenoxy) is 1. The third kappa shape index (κ3) is 2.56. The molecule has 1 amide bonds. The van der Waals surface area contributed by atoms with Crippen LogP contribution in [-0.4, -0.2) is 6.09 Å². The fourth-order valence-electron chi connectivity index (χ4n) is 3.19. The Morgan fingerprint density at radius 1 is 1.23 bits per heavy atom. The first-order valence-electron chi connectivity index (χ1n) is 7.22. The summed E-state index contributed by atoms with van der Waals surface area (Å²) in [6.07, 6.45) is -0.348. The molecule has 4 heteroatoms. The van der Waals surface area contributed by atoms with E-state index in [9.17, 15) is 9.18 Å². The van der Waals surface area contributed by atoms with Gasteiger partial charge < -0.3 is 10.5 Å². The molecule has 0 aromatic heterocycles. The molecule has 1 atom stereocenters. The quantitative estimate of drug-likeness (QED) is 0.903. The number of amides is 1. The zero-order valence-corrected chi connectivity index (χ0v) is 12.6. The average Bonchev–Trinajstić information content (AvgIpc) is 2.68. The van der Waals surface area contributed by atoms with Gasteiger partial charge in [-0.05, 0) is 46.9 Å². The van der Waals surface area contributed by atoms with Crippen molar-refractivity contribution in [3.63, 3.8) is 0 Å². The molecule has 0 fully saturated rings. The van der Waals surface area contributed by atoms with Crippen molar-refractivity contribution in [1.29, 1.82) is 0 Å². The number of fused-ring (bicyclic) bond motifs is 1. The maximum absolute atomic E-state index is 13.4. The molecule has 0 saturated carbocycles. The monoisotopic (exact) mass is 299 g/mol. The highest BCUT2D eigenvalue weighted by Crippen LogP contribution is 2.48. The lowest BCUT2D eigenvalue weighted by atomic mass is 9.87. The van der Waals surface area contributed by atoms with E-state index in [1.54, 1.807) is 6.07 Å². The Bertz CT molecular complexity index is 740. The second kappa shape index (κ2) is 5.13. The largest absolute Gasteiger partial charge is 0.441 e. The van der Waals surface area contributed by atoms with Crippen LogP contribution in [0.15, 0.2) is 42.5 Å². The van der Waals surface area contributed by atoms with E-state index in [-0.39, 0.29) is 17.3 Å². The van der Waals surface area contributed by atoms with E-state index in [1.165, 1.54) is 12.1 Å². The number of rotatable bonds is 2. The van der Waals surface area contributed by atoms with Gasteiger partial charge in [-0.1, -0.05) is 38.1 Å². The van der Waals surface area contributed by atoms with Crippen LogP contribution in [0, 0.1) is 11.2 Å². The number of nitrogens with two attached hydrogens (primary N) is 1. The Morgan fingerprint density at radius 2 is 1.95 bits per heavy atom. The topological polar surface area (TPSA) is 52.3 Å². The molecule has 114 valence electrons. The molecule has 0 spiro atoms. The zero-order valence-electron chi connectivity index (χ0n) is 12.6. The molecule has 1 unspecified atom stereocenters. The van der Waals surface area contributed by atoms with E-state index in [2.05, 4.69) is 0 Å². The Balaban J connectivity index is 2.05. The van der Waals surface area contributed by atoms with Gasteiger partial charge in [-0.3, -0.25) is 0 Å². The molecule has 1 aliphatic rings. The highest BCUT2D eigenvalue weighted by Gasteiger charge is 2.41. The third-order valence-electron chi connectivity index (χ3n) is 4.18.